The SMILES string of the molecule is C=C(C)C1OCCC1CNC(=O)NC1c2cccc(F)c2CCC1C. The summed E-state index contributed by atoms with van der Waals surface area (Å²) in [6.07, 6.45) is 2.53. The van der Waals surface area contributed by atoms with Crippen molar-refractivity contribution in [3.63, 3.8) is 0 Å². The molecular formula is C20H27FN2O2. The van der Waals surface area contributed by atoms with Crippen LogP contribution in [0.15, 0.2) is 30.4 Å². The number of carbonyl (C=O) groups excluding carboxylic acids is 1. The molecule has 0 spiro atoms. The third-order valence-electron chi connectivity index (χ3n) is 5.42. The van der Waals surface area contributed by atoms with E-state index < -0.39 is 0 Å². The van der Waals surface area contributed by atoms with Crippen molar-refractivity contribution in [2.24, 2.45) is 11.8 Å². The minimum atomic E-state index is -0.207. The van der Waals surface area contributed by atoms with Crippen molar-refractivity contribution in [3.8, 4) is 0 Å². The van der Waals surface area contributed by atoms with Crippen LogP contribution in [-0.4, -0.2) is 25.3 Å². The number of fused-ring (bicyclic) bond motifs is 1. The number of urea groups is 1. The zero-order valence-corrected chi connectivity index (χ0v) is 15.0. The Hall–Kier alpha value is -1.88. The molecule has 1 aromatic rings. The van der Waals surface area contributed by atoms with Crippen LogP contribution in [0.3, 0.4) is 0 Å². The van der Waals surface area contributed by atoms with E-state index in [4.69, 9.17) is 4.74 Å². The van der Waals surface area contributed by atoms with E-state index in [2.05, 4.69) is 24.1 Å². The van der Waals surface area contributed by atoms with Gasteiger partial charge < -0.3 is 15.4 Å². The zero-order valence-electron chi connectivity index (χ0n) is 15.0. The monoisotopic (exact) mass is 346 g/mol. The average molecular weight is 346 g/mol. The van der Waals surface area contributed by atoms with Crippen LogP contribution >= 0.6 is 0 Å². The van der Waals surface area contributed by atoms with Gasteiger partial charge in [-0.3, -0.25) is 0 Å². The second kappa shape index (κ2) is 7.56. The van der Waals surface area contributed by atoms with Crippen LogP contribution in [0.5, 0.6) is 0 Å². The predicted octanol–water partition coefficient (Wildman–Crippen LogP) is 3.73. The number of hydrogen-bond acceptors (Lipinski definition) is 2. The Morgan fingerprint density at radius 2 is 2.20 bits per heavy atom. The van der Waals surface area contributed by atoms with Gasteiger partial charge in [-0.2, -0.15) is 0 Å². The van der Waals surface area contributed by atoms with Crippen molar-refractivity contribution in [2.45, 2.75) is 45.3 Å². The van der Waals surface area contributed by atoms with Crippen molar-refractivity contribution < 1.29 is 13.9 Å². The van der Waals surface area contributed by atoms with Crippen LogP contribution in [0.4, 0.5) is 9.18 Å². The quantitative estimate of drug-likeness (QED) is 0.816. The maximum Gasteiger partial charge on any atom is 0.315 e. The molecule has 3 rings (SSSR count). The van der Waals surface area contributed by atoms with Crippen LogP contribution in [0, 0.1) is 17.7 Å². The first-order valence-corrected chi connectivity index (χ1v) is 9.06. The number of amides is 2. The Balaban J connectivity index is 1.61. The first-order valence-electron chi connectivity index (χ1n) is 9.06. The number of halogens is 1. The molecule has 1 saturated heterocycles. The largest absolute Gasteiger partial charge is 0.374 e. The normalized spacial score (nSPS) is 28.3. The van der Waals surface area contributed by atoms with Crippen LogP contribution < -0.4 is 10.6 Å². The van der Waals surface area contributed by atoms with Gasteiger partial charge in [0, 0.05) is 19.1 Å². The number of hydrogen-bond donors (Lipinski definition) is 2. The van der Waals surface area contributed by atoms with Crippen LogP contribution in [0.25, 0.3) is 0 Å². The minimum absolute atomic E-state index is 0.0173. The highest BCUT2D eigenvalue weighted by atomic mass is 19.1. The molecule has 2 aliphatic rings. The van der Waals surface area contributed by atoms with Crippen LogP contribution in [0.2, 0.25) is 0 Å². The molecule has 2 N–H and O–H groups in total. The summed E-state index contributed by atoms with van der Waals surface area (Å²) >= 11 is 0. The molecule has 1 heterocycles. The third kappa shape index (κ3) is 3.87. The summed E-state index contributed by atoms with van der Waals surface area (Å²) in [6.45, 7) is 9.28. The molecule has 4 atom stereocenters. The molecular weight excluding hydrogens is 319 g/mol. The summed E-state index contributed by atoms with van der Waals surface area (Å²) in [6, 6.07) is 4.76. The molecule has 0 bridgehead atoms. The fourth-order valence-electron chi connectivity index (χ4n) is 4.00. The predicted molar refractivity (Wildman–Crippen MR) is 95.8 cm³/mol. The molecule has 4 unspecified atom stereocenters. The molecule has 0 radical (unpaired) electrons. The number of benzene rings is 1. The lowest BCUT2D eigenvalue weighted by molar-refractivity contribution is 0.119. The van der Waals surface area contributed by atoms with Gasteiger partial charge >= 0.3 is 6.03 Å². The van der Waals surface area contributed by atoms with E-state index in [-0.39, 0.29) is 35.8 Å². The summed E-state index contributed by atoms with van der Waals surface area (Å²) in [4.78, 5) is 12.4. The number of nitrogens with one attached hydrogen (secondary N) is 2. The Morgan fingerprint density at radius 3 is 2.96 bits per heavy atom. The number of ether oxygens (including phenoxy) is 1. The van der Waals surface area contributed by atoms with Gasteiger partial charge in [-0.15, -0.1) is 0 Å². The van der Waals surface area contributed by atoms with Crippen LogP contribution in [0.1, 0.15) is 43.9 Å². The lowest BCUT2D eigenvalue weighted by Crippen LogP contribution is -2.44. The maximum atomic E-state index is 14.0. The van der Waals surface area contributed by atoms with Gasteiger partial charge in [0.1, 0.15) is 5.82 Å². The van der Waals surface area contributed by atoms with Crippen molar-refractivity contribution >= 4 is 6.03 Å². The smallest absolute Gasteiger partial charge is 0.315 e. The van der Waals surface area contributed by atoms with Gasteiger partial charge in [-0.25, -0.2) is 9.18 Å². The summed E-state index contributed by atoms with van der Waals surface area (Å²) in [5.41, 5.74) is 2.63. The Bertz CT molecular complexity index is 661. The summed E-state index contributed by atoms with van der Waals surface area (Å²) in [5, 5.41) is 6.00. The maximum absolute atomic E-state index is 14.0. The zero-order chi connectivity index (χ0) is 18.0. The van der Waals surface area contributed by atoms with Crippen LogP contribution in [-0.2, 0) is 11.2 Å². The van der Waals surface area contributed by atoms with Crippen molar-refractivity contribution in [2.75, 3.05) is 13.2 Å². The standard InChI is InChI=1S/C20H27FN2O2/c1-12(2)19-14(9-10-25-19)11-22-20(24)23-18-13(3)7-8-15-16(18)5-4-6-17(15)21/h4-6,13-14,18-19H,1,7-11H2,2-3H3,(H2,22,23,24). The Morgan fingerprint density at radius 1 is 1.40 bits per heavy atom. The second-order valence-electron chi connectivity index (χ2n) is 7.34. The van der Waals surface area contributed by atoms with E-state index in [9.17, 15) is 9.18 Å². The van der Waals surface area contributed by atoms with Gasteiger partial charge in [0.15, 0.2) is 0 Å². The van der Waals surface area contributed by atoms with E-state index in [1.807, 2.05) is 13.0 Å². The van der Waals surface area contributed by atoms with Crippen molar-refractivity contribution in [1.29, 1.82) is 0 Å². The van der Waals surface area contributed by atoms with Gasteiger partial charge in [0.05, 0.1) is 12.1 Å². The van der Waals surface area contributed by atoms with E-state index in [1.165, 1.54) is 6.07 Å². The summed E-state index contributed by atoms with van der Waals surface area (Å²) in [7, 11) is 0. The highest BCUT2D eigenvalue weighted by Crippen LogP contribution is 2.35. The molecule has 2 amide bonds. The first-order chi connectivity index (χ1) is 12.0. The molecule has 1 fully saturated rings. The summed E-state index contributed by atoms with van der Waals surface area (Å²) < 4.78 is 19.7. The fraction of sp³-hybridized carbons (Fsp3) is 0.550. The molecule has 1 aromatic carbocycles. The van der Waals surface area contributed by atoms with Gasteiger partial charge in [0.2, 0.25) is 0 Å². The van der Waals surface area contributed by atoms with E-state index in [0.717, 1.165) is 36.0 Å². The molecule has 1 aliphatic heterocycles. The first kappa shape index (κ1) is 17.9. The molecule has 4 nitrogen and oxygen atoms in total. The second-order valence-corrected chi connectivity index (χ2v) is 7.34. The van der Waals surface area contributed by atoms with E-state index in [0.29, 0.717) is 13.2 Å². The van der Waals surface area contributed by atoms with Gasteiger partial charge in [-0.1, -0.05) is 31.2 Å². The topological polar surface area (TPSA) is 50.4 Å². The number of carbonyl (C=O) groups is 1. The van der Waals surface area contributed by atoms with Gasteiger partial charge in [-0.05, 0) is 49.3 Å². The third-order valence-corrected chi connectivity index (χ3v) is 5.42. The fourth-order valence-corrected chi connectivity index (χ4v) is 4.00. The molecule has 0 saturated carbocycles. The van der Waals surface area contributed by atoms with Crippen molar-refractivity contribution in [3.05, 3.63) is 47.3 Å². The molecule has 0 aromatic heterocycles. The van der Waals surface area contributed by atoms with Gasteiger partial charge in [0.25, 0.3) is 0 Å². The molecule has 1 aliphatic carbocycles. The summed E-state index contributed by atoms with van der Waals surface area (Å²) in [5.74, 6) is 0.360. The molecule has 136 valence electrons. The van der Waals surface area contributed by atoms with E-state index in [1.54, 1.807) is 6.07 Å². The average Bonchev–Trinajstić information content (AvgIpc) is 3.05. The van der Waals surface area contributed by atoms with Crippen molar-refractivity contribution in [1.82, 2.24) is 10.6 Å². The molecule has 25 heavy (non-hydrogen) atoms. The minimum Gasteiger partial charge on any atom is -0.374 e. The number of rotatable bonds is 4. The molecule has 5 heteroatoms. The lowest BCUT2D eigenvalue weighted by atomic mass is 9.80. The lowest BCUT2D eigenvalue weighted by Gasteiger charge is -2.32. The van der Waals surface area contributed by atoms with E-state index >= 15 is 0 Å². The highest BCUT2D eigenvalue weighted by Gasteiger charge is 2.31. The Labute approximate surface area is 148 Å². The Kier molecular flexibility index (Phi) is 5.42. The highest BCUT2D eigenvalue weighted by molar-refractivity contribution is 5.74.